The van der Waals surface area contributed by atoms with Gasteiger partial charge in [0.2, 0.25) is 5.91 Å². The summed E-state index contributed by atoms with van der Waals surface area (Å²) in [7, 11) is 0. The first-order chi connectivity index (χ1) is 9.56. The van der Waals surface area contributed by atoms with Crippen LogP contribution in [0, 0.1) is 0 Å². The summed E-state index contributed by atoms with van der Waals surface area (Å²) >= 11 is 0. The lowest BCUT2D eigenvalue weighted by Gasteiger charge is -2.38. The van der Waals surface area contributed by atoms with E-state index in [-0.39, 0.29) is 17.6 Å². The number of nitrogens with zero attached hydrogens (tertiary/aromatic N) is 3. The standard InChI is InChI=1S/C13H17N5O2/c14-10-6-16-11(5-9(10)13(15)20)17-3-4-18-8(7-17)1-2-12(18)19/h5-6,8H,1-4,7,14H2,(H2,15,20). The number of carbonyl (C=O) groups excluding carboxylic acids is 2. The summed E-state index contributed by atoms with van der Waals surface area (Å²) in [6.45, 7) is 2.14. The molecule has 2 amide bonds. The Morgan fingerprint density at radius 3 is 2.95 bits per heavy atom. The minimum Gasteiger partial charge on any atom is -0.397 e. The van der Waals surface area contributed by atoms with Crippen molar-refractivity contribution in [2.24, 2.45) is 5.73 Å². The maximum absolute atomic E-state index is 11.7. The van der Waals surface area contributed by atoms with E-state index in [9.17, 15) is 9.59 Å². The van der Waals surface area contributed by atoms with Gasteiger partial charge in [-0.3, -0.25) is 9.59 Å². The monoisotopic (exact) mass is 275 g/mol. The Kier molecular flexibility index (Phi) is 2.96. The van der Waals surface area contributed by atoms with Crippen LogP contribution in [0.2, 0.25) is 0 Å². The van der Waals surface area contributed by atoms with Crippen molar-refractivity contribution < 1.29 is 9.59 Å². The maximum Gasteiger partial charge on any atom is 0.250 e. The van der Waals surface area contributed by atoms with Crippen LogP contribution in [0.3, 0.4) is 0 Å². The first-order valence-electron chi connectivity index (χ1n) is 6.66. The SMILES string of the molecule is NC(=O)c1cc(N2CCN3C(=O)CCC3C2)ncc1N. The lowest BCUT2D eigenvalue weighted by atomic mass is 10.1. The van der Waals surface area contributed by atoms with Crippen LogP contribution >= 0.6 is 0 Å². The van der Waals surface area contributed by atoms with Gasteiger partial charge in [0.05, 0.1) is 17.4 Å². The molecule has 0 saturated carbocycles. The van der Waals surface area contributed by atoms with Gasteiger partial charge < -0.3 is 21.3 Å². The number of piperazine rings is 1. The average molecular weight is 275 g/mol. The largest absolute Gasteiger partial charge is 0.397 e. The highest BCUT2D eigenvalue weighted by Gasteiger charge is 2.35. The number of primary amides is 1. The molecule has 2 aliphatic heterocycles. The molecule has 1 unspecified atom stereocenters. The maximum atomic E-state index is 11.7. The third-order valence-electron chi connectivity index (χ3n) is 4.00. The summed E-state index contributed by atoms with van der Waals surface area (Å²) in [5.41, 5.74) is 11.6. The van der Waals surface area contributed by atoms with E-state index in [2.05, 4.69) is 9.88 Å². The van der Waals surface area contributed by atoms with E-state index in [0.717, 1.165) is 13.0 Å². The summed E-state index contributed by atoms with van der Waals surface area (Å²) in [6.07, 6.45) is 2.97. The Morgan fingerprint density at radius 1 is 1.40 bits per heavy atom. The lowest BCUT2D eigenvalue weighted by molar-refractivity contribution is -0.129. The van der Waals surface area contributed by atoms with Crippen LogP contribution in [-0.4, -0.2) is 47.4 Å². The molecule has 2 fully saturated rings. The molecular formula is C13H17N5O2. The van der Waals surface area contributed by atoms with Crippen LogP contribution in [0.25, 0.3) is 0 Å². The van der Waals surface area contributed by atoms with Crippen LogP contribution in [0.15, 0.2) is 12.3 Å². The summed E-state index contributed by atoms with van der Waals surface area (Å²) in [4.78, 5) is 31.3. The van der Waals surface area contributed by atoms with Gasteiger partial charge in [-0.2, -0.15) is 0 Å². The van der Waals surface area contributed by atoms with Gasteiger partial charge in [-0.25, -0.2) is 4.98 Å². The topological polar surface area (TPSA) is 106 Å². The number of pyridine rings is 1. The number of fused-ring (bicyclic) bond motifs is 1. The zero-order valence-corrected chi connectivity index (χ0v) is 11.1. The Labute approximate surface area is 116 Å². The molecule has 106 valence electrons. The smallest absolute Gasteiger partial charge is 0.250 e. The van der Waals surface area contributed by atoms with E-state index in [1.165, 1.54) is 6.20 Å². The zero-order valence-electron chi connectivity index (χ0n) is 11.1. The quantitative estimate of drug-likeness (QED) is 0.762. The number of hydrogen-bond acceptors (Lipinski definition) is 5. The van der Waals surface area contributed by atoms with Crippen molar-refractivity contribution in [3.8, 4) is 0 Å². The molecule has 2 saturated heterocycles. The van der Waals surface area contributed by atoms with Crippen LogP contribution < -0.4 is 16.4 Å². The van der Waals surface area contributed by atoms with Gasteiger partial charge in [0, 0.05) is 32.1 Å². The minimum atomic E-state index is -0.555. The van der Waals surface area contributed by atoms with E-state index in [1.807, 2.05) is 4.90 Å². The highest BCUT2D eigenvalue weighted by Crippen LogP contribution is 2.26. The number of aromatic nitrogens is 1. The molecule has 7 heteroatoms. The molecule has 3 rings (SSSR count). The molecule has 3 heterocycles. The number of nitrogens with two attached hydrogens (primary N) is 2. The normalized spacial score (nSPS) is 22.0. The lowest BCUT2D eigenvalue weighted by Crippen LogP contribution is -2.51. The van der Waals surface area contributed by atoms with Gasteiger partial charge >= 0.3 is 0 Å². The summed E-state index contributed by atoms with van der Waals surface area (Å²) in [6, 6.07) is 1.87. The molecule has 1 aromatic heterocycles. The average Bonchev–Trinajstić information content (AvgIpc) is 2.80. The molecule has 0 spiro atoms. The molecular weight excluding hydrogens is 258 g/mol. The molecule has 0 aromatic carbocycles. The van der Waals surface area contributed by atoms with Crippen molar-refractivity contribution in [2.75, 3.05) is 30.3 Å². The first kappa shape index (κ1) is 12.7. The first-order valence-corrected chi connectivity index (χ1v) is 6.66. The van der Waals surface area contributed by atoms with Crippen molar-refractivity contribution in [1.82, 2.24) is 9.88 Å². The van der Waals surface area contributed by atoms with E-state index >= 15 is 0 Å². The van der Waals surface area contributed by atoms with Gasteiger partial charge in [-0.15, -0.1) is 0 Å². The number of carbonyl (C=O) groups is 2. The number of rotatable bonds is 2. The van der Waals surface area contributed by atoms with E-state index in [4.69, 9.17) is 11.5 Å². The third kappa shape index (κ3) is 2.04. The number of hydrogen-bond donors (Lipinski definition) is 2. The fourth-order valence-electron chi connectivity index (χ4n) is 2.91. The molecule has 7 nitrogen and oxygen atoms in total. The van der Waals surface area contributed by atoms with Gasteiger partial charge in [0.25, 0.3) is 5.91 Å². The Bertz CT molecular complexity index is 574. The van der Waals surface area contributed by atoms with Gasteiger partial charge in [0.15, 0.2) is 0 Å². The molecule has 20 heavy (non-hydrogen) atoms. The van der Waals surface area contributed by atoms with Crippen molar-refractivity contribution in [2.45, 2.75) is 18.9 Å². The second-order valence-corrected chi connectivity index (χ2v) is 5.22. The Balaban J connectivity index is 1.82. The van der Waals surface area contributed by atoms with Crippen LogP contribution in [-0.2, 0) is 4.79 Å². The Hall–Kier alpha value is -2.31. The summed E-state index contributed by atoms with van der Waals surface area (Å²) in [5.74, 6) is 0.366. The van der Waals surface area contributed by atoms with Crippen molar-refractivity contribution in [3.05, 3.63) is 17.8 Å². The summed E-state index contributed by atoms with van der Waals surface area (Å²) in [5, 5.41) is 0. The number of amides is 2. The van der Waals surface area contributed by atoms with Crippen molar-refractivity contribution >= 4 is 23.3 Å². The molecule has 0 radical (unpaired) electrons. The van der Waals surface area contributed by atoms with E-state index in [1.54, 1.807) is 6.07 Å². The van der Waals surface area contributed by atoms with Crippen LogP contribution in [0.5, 0.6) is 0 Å². The molecule has 0 aliphatic carbocycles. The second-order valence-electron chi connectivity index (χ2n) is 5.22. The zero-order chi connectivity index (χ0) is 14.3. The van der Waals surface area contributed by atoms with Crippen LogP contribution in [0.4, 0.5) is 11.5 Å². The molecule has 1 aromatic rings. The molecule has 1 atom stereocenters. The fourth-order valence-corrected chi connectivity index (χ4v) is 2.91. The highest BCUT2D eigenvalue weighted by molar-refractivity contribution is 5.98. The Morgan fingerprint density at radius 2 is 2.20 bits per heavy atom. The third-order valence-corrected chi connectivity index (χ3v) is 4.00. The van der Waals surface area contributed by atoms with Crippen LogP contribution in [0.1, 0.15) is 23.2 Å². The molecule has 0 bridgehead atoms. The van der Waals surface area contributed by atoms with E-state index in [0.29, 0.717) is 30.9 Å². The summed E-state index contributed by atoms with van der Waals surface area (Å²) < 4.78 is 0. The van der Waals surface area contributed by atoms with Crippen molar-refractivity contribution in [3.63, 3.8) is 0 Å². The minimum absolute atomic E-state index is 0.234. The predicted molar refractivity (Wildman–Crippen MR) is 74.1 cm³/mol. The van der Waals surface area contributed by atoms with Gasteiger partial charge in [-0.1, -0.05) is 0 Å². The predicted octanol–water partition coefficient (Wildman–Crippen LogP) is -0.426. The highest BCUT2D eigenvalue weighted by atomic mass is 16.2. The molecule has 4 N–H and O–H groups in total. The second kappa shape index (κ2) is 4.66. The fraction of sp³-hybridized carbons (Fsp3) is 0.462. The molecule has 2 aliphatic rings. The van der Waals surface area contributed by atoms with E-state index < -0.39 is 5.91 Å². The number of anilines is 2. The number of nitrogen functional groups attached to an aromatic ring is 1. The van der Waals surface area contributed by atoms with Gasteiger partial charge in [0.1, 0.15) is 5.82 Å². The van der Waals surface area contributed by atoms with Crippen molar-refractivity contribution in [1.29, 1.82) is 0 Å². The van der Waals surface area contributed by atoms with Gasteiger partial charge in [-0.05, 0) is 12.5 Å².